The highest BCUT2D eigenvalue weighted by molar-refractivity contribution is 5.96. The summed E-state index contributed by atoms with van der Waals surface area (Å²) in [7, 11) is 0. The molecule has 0 bridgehead atoms. The topological polar surface area (TPSA) is 107 Å². The molecule has 0 aliphatic heterocycles. The fraction of sp³-hybridized carbons (Fsp3) is 0.125. The van der Waals surface area contributed by atoms with Crippen molar-refractivity contribution in [3.63, 3.8) is 0 Å². The second-order valence-electron chi connectivity index (χ2n) is 7.42. The Morgan fingerprint density at radius 1 is 1.06 bits per heavy atom. The summed E-state index contributed by atoms with van der Waals surface area (Å²) in [5, 5.41) is 6.74. The molecule has 0 aliphatic carbocycles. The van der Waals surface area contributed by atoms with Gasteiger partial charge in [0, 0.05) is 30.4 Å². The number of nitrogens with one attached hydrogen (secondary N) is 1. The molecular weight excluding hydrogens is 420 g/mol. The van der Waals surface area contributed by atoms with E-state index in [4.69, 9.17) is 9.26 Å². The van der Waals surface area contributed by atoms with E-state index in [1.165, 1.54) is 0 Å². The zero-order chi connectivity index (χ0) is 22.6. The highest BCUT2D eigenvalue weighted by Crippen LogP contribution is 2.20. The molecule has 0 saturated carbocycles. The van der Waals surface area contributed by atoms with Gasteiger partial charge in [0.05, 0.1) is 17.8 Å². The van der Waals surface area contributed by atoms with Gasteiger partial charge in [0.1, 0.15) is 18.0 Å². The lowest BCUT2D eigenvalue weighted by molar-refractivity contribution is 0.0941. The molecule has 0 spiro atoms. The quantitative estimate of drug-likeness (QED) is 0.412. The maximum absolute atomic E-state index is 12.8. The number of pyridine rings is 2. The molecule has 1 aromatic carbocycles. The maximum Gasteiger partial charge on any atom is 0.255 e. The van der Waals surface area contributed by atoms with Gasteiger partial charge >= 0.3 is 0 Å². The van der Waals surface area contributed by atoms with Crippen LogP contribution in [0.3, 0.4) is 0 Å². The Kier molecular flexibility index (Phi) is 5.50. The van der Waals surface area contributed by atoms with Crippen molar-refractivity contribution >= 4 is 11.6 Å². The van der Waals surface area contributed by atoms with Crippen molar-refractivity contribution in [2.45, 2.75) is 20.1 Å². The van der Waals surface area contributed by atoms with E-state index in [1.54, 1.807) is 42.7 Å². The number of para-hydroxylation sites is 1. The molecule has 4 heterocycles. The van der Waals surface area contributed by atoms with Crippen LogP contribution in [-0.2, 0) is 13.2 Å². The summed E-state index contributed by atoms with van der Waals surface area (Å²) in [5.41, 5.74) is 3.95. The summed E-state index contributed by atoms with van der Waals surface area (Å²) in [4.78, 5) is 25.6. The summed E-state index contributed by atoms with van der Waals surface area (Å²) in [6.07, 6.45) is 7.22. The number of carbonyl (C=O) groups is 1. The molecule has 5 rings (SSSR count). The van der Waals surface area contributed by atoms with Gasteiger partial charge in [0.25, 0.3) is 5.91 Å². The number of ether oxygens (including phenoxy) is 1. The van der Waals surface area contributed by atoms with Crippen LogP contribution in [0, 0.1) is 6.92 Å². The van der Waals surface area contributed by atoms with Gasteiger partial charge in [-0.05, 0) is 42.8 Å². The van der Waals surface area contributed by atoms with E-state index in [0.29, 0.717) is 23.0 Å². The Hall–Kier alpha value is -4.53. The molecule has 0 radical (unpaired) electrons. The number of rotatable bonds is 7. The fourth-order valence-electron chi connectivity index (χ4n) is 3.35. The van der Waals surface area contributed by atoms with Gasteiger partial charge in [-0.2, -0.15) is 4.98 Å². The molecule has 5 aromatic rings. The molecule has 0 unspecified atom stereocenters. The first-order valence-electron chi connectivity index (χ1n) is 10.3. The molecule has 4 aromatic heterocycles. The summed E-state index contributed by atoms with van der Waals surface area (Å²) < 4.78 is 13.1. The number of fused-ring (bicyclic) bond motifs is 1. The number of benzene rings is 1. The van der Waals surface area contributed by atoms with Crippen LogP contribution in [0.4, 0.5) is 0 Å². The zero-order valence-electron chi connectivity index (χ0n) is 17.8. The number of amides is 1. The lowest BCUT2D eigenvalue weighted by Gasteiger charge is -2.10. The second kappa shape index (κ2) is 8.91. The standard InChI is InChI=1S/C24H20N6O3/c1-16-6-7-21-27-18(14-30(21)13-16)15-32-20-5-3-2-4-19(20)24(31)26-12-22-28-23(29-33-22)17-8-10-25-11-9-17/h2-11,13-14H,12,15H2,1H3,(H,26,31). The first-order chi connectivity index (χ1) is 16.2. The van der Waals surface area contributed by atoms with Crippen molar-refractivity contribution in [2.24, 2.45) is 0 Å². The molecule has 1 N–H and O–H groups in total. The third kappa shape index (κ3) is 4.57. The summed E-state index contributed by atoms with van der Waals surface area (Å²) >= 11 is 0. The average Bonchev–Trinajstić information content (AvgIpc) is 3.48. The van der Waals surface area contributed by atoms with Crippen molar-refractivity contribution in [3.8, 4) is 17.1 Å². The van der Waals surface area contributed by atoms with Crippen LogP contribution >= 0.6 is 0 Å². The van der Waals surface area contributed by atoms with Crippen LogP contribution in [-0.4, -0.2) is 30.4 Å². The molecule has 0 saturated heterocycles. The van der Waals surface area contributed by atoms with E-state index >= 15 is 0 Å². The number of hydrogen-bond donors (Lipinski definition) is 1. The highest BCUT2D eigenvalue weighted by atomic mass is 16.5. The van der Waals surface area contributed by atoms with E-state index in [0.717, 1.165) is 22.5 Å². The predicted octanol–water partition coefficient (Wildman–Crippen LogP) is 3.60. The predicted molar refractivity (Wildman–Crippen MR) is 119 cm³/mol. The molecule has 0 aliphatic rings. The van der Waals surface area contributed by atoms with Crippen molar-refractivity contribution in [3.05, 3.63) is 96.0 Å². The van der Waals surface area contributed by atoms with Crippen LogP contribution in [0.25, 0.3) is 17.0 Å². The molecule has 9 heteroatoms. The Morgan fingerprint density at radius 3 is 2.79 bits per heavy atom. The number of aryl methyl sites for hydroxylation is 1. The van der Waals surface area contributed by atoms with E-state index in [9.17, 15) is 4.79 Å². The van der Waals surface area contributed by atoms with Gasteiger partial charge in [0.2, 0.25) is 11.7 Å². The van der Waals surface area contributed by atoms with Crippen molar-refractivity contribution in [1.29, 1.82) is 0 Å². The fourth-order valence-corrected chi connectivity index (χ4v) is 3.35. The largest absolute Gasteiger partial charge is 0.486 e. The number of imidazole rings is 1. The van der Waals surface area contributed by atoms with Gasteiger partial charge in [-0.15, -0.1) is 0 Å². The van der Waals surface area contributed by atoms with E-state index in [-0.39, 0.29) is 19.1 Å². The number of nitrogens with zero attached hydrogens (tertiary/aromatic N) is 5. The molecule has 9 nitrogen and oxygen atoms in total. The third-order valence-electron chi connectivity index (χ3n) is 4.96. The first kappa shape index (κ1) is 20.4. The SMILES string of the molecule is Cc1ccc2nc(COc3ccccc3C(=O)NCc3nc(-c4ccncc4)no3)cn2c1. The second-order valence-corrected chi connectivity index (χ2v) is 7.42. The van der Waals surface area contributed by atoms with Crippen LogP contribution in [0.15, 0.2) is 77.8 Å². The van der Waals surface area contributed by atoms with Crippen molar-refractivity contribution in [2.75, 3.05) is 0 Å². The van der Waals surface area contributed by atoms with Crippen LogP contribution in [0.5, 0.6) is 5.75 Å². The monoisotopic (exact) mass is 440 g/mol. The normalized spacial score (nSPS) is 10.9. The molecule has 164 valence electrons. The van der Waals surface area contributed by atoms with Gasteiger partial charge in [0.15, 0.2) is 0 Å². The van der Waals surface area contributed by atoms with Gasteiger partial charge in [-0.1, -0.05) is 23.4 Å². The first-order valence-corrected chi connectivity index (χ1v) is 10.3. The highest BCUT2D eigenvalue weighted by Gasteiger charge is 2.15. The van der Waals surface area contributed by atoms with Crippen LogP contribution in [0.1, 0.15) is 27.5 Å². The van der Waals surface area contributed by atoms with Crippen LogP contribution in [0.2, 0.25) is 0 Å². The number of carbonyl (C=O) groups excluding carboxylic acids is 1. The summed E-state index contributed by atoms with van der Waals surface area (Å²) in [6.45, 7) is 2.36. The summed E-state index contributed by atoms with van der Waals surface area (Å²) in [6, 6.07) is 14.6. The summed E-state index contributed by atoms with van der Waals surface area (Å²) in [5.74, 6) is 0.896. The minimum atomic E-state index is -0.306. The van der Waals surface area contributed by atoms with Gasteiger partial charge < -0.3 is 19.0 Å². The molecule has 0 atom stereocenters. The molecule has 1 amide bonds. The molecule has 33 heavy (non-hydrogen) atoms. The Balaban J connectivity index is 1.24. The van der Waals surface area contributed by atoms with Crippen molar-refractivity contribution < 1.29 is 14.1 Å². The third-order valence-corrected chi connectivity index (χ3v) is 4.96. The van der Waals surface area contributed by atoms with E-state index in [1.807, 2.05) is 41.9 Å². The Bertz CT molecular complexity index is 1410. The maximum atomic E-state index is 12.8. The zero-order valence-corrected chi connectivity index (χ0v) is 17.8. The number of aromatic nitrogens is 5. The number of hydrogen-bond acceptors (Lipinski definition) is 7. The Labute approximate surface area is 189 Å². The van der Waals surface area contributed by atoms with Gasteiger partial charge in [-0.25, -0.2) is 4.98 Å². The van der Waals surface area contributed by atoms with Crippen LogP contribution < -0.4 is 10.1 Å². The average molecular weight is 440 g/mol. The van der Waals surface area contributed by atoms with Crippen molar-refractivity contribution in [1.82, 2.24) is 29.8 Å². The molecule has 0 fully saturated rings. The minimum Gasteiger partial charge on any atom is -0.486 e. The smallest absolute Gasteiger partial charge is 0.255 e. The lowest BCUT2D eigenvalue weighted by atomic mass is 10.2. The van der Waals surface area contributed by atoms with Gasteiger partial charge in [-0.3, -0.25) is 9.78 Å². The molecular formula is C24H20N6O3. The lowest BCUT2D eigenvalue weighted by Crippen LogP contribution is -2.23. The van der Waals surface area contributed by atoms with E-state index in [2.05, 4.69) is 25.4 Å². The minimum absolute atomic E-state index is 0.0943. The Morgan fingerprint density at radius 2 is 1.91 bits per heavy atom. The van der Waals surface area contributed by atoms with E-state index < -0.39 is 0 Å².